The molecule has 5 N–H and O–H groups in total. The Bertz CT molecular complexity index is 1210. The summed E-state index contributed by atoms with van der Waals surface area (Å²) >= 11 is 0. The summed E-state index contributed by atoms with van der Waals surface area (Å²) in [5.74, 6) is -2.91. The van der Waals surface area contributed by atoms with Gasteiger partial charge in [-0.05, 0) is 36.6 Å². The van der Waals surface area contributed by atoms with Crippen LogP contribution in [0.25, 0.3) is 22.0 Å². The van der Waals surface area contributed by atoms with Crippen LogP contribution in [0.4, 0.5) is 19.4 Å². The zero-order valence-corrected chi connectivity index (χ0v) is 17.4. The second-order valence-corrected chi connectivity index (χ2v) is 8.60. The Morgan fingerprint density at radius 1 is 1.09 bits per heavy atom. The lowest BCUT2D eigenvalue weighted by atomic mass is 9.86. The summed E-state index contributed by atoms with van der Waals surface area (Å²) in [5.41, 5.74) is 2.59. The molecule has 0 bridgehead atoms. The maximum absolute atomic E-state index is 13.4. The van der Waals surface area contributed by atoms with Crippen molar-refractivity contribution in [2.45, 2.75) is 49.7 Å². The van der Waals surface area contributed by atoms with E-state index >= 15 is 0 Å². The smallest absolute Gasteiger partial charge is 0.404 e. The molecule has 2 aliphatic carbocycles. The molecule has 2 fully saturated rings. The quantitative estimate of drug-likeness (QED) is 0.386. The van der Waals surface area contributed by atoms with E-state index in [1.807, 2.05) is 12.1 Å². The molecular formula is C22H22F2N6O3. The number of carbonyl (C=O) groups excluding carboxylic acids is 1. The van der Waals surface area contributed by atoms with Gasteiger partial charge in [0.2, 0.25) is 0 Å². The number of nitrogens with one attached hydrogen (secondary N) is 4. The molecule has 33 heavy (non-hydrogen) atoms. The second kappa shape index (κ2) is 7.98. The molecule has 3 aromatic rings. The number of rotatable bonds is 6. The van der Waals surface area contributed by atoms with Gasteiger partial charge in [-0.15, -0.1) is 0 Å². The summed E-state index contributed by atoms with van der Waals surface area (Å²) in [6.45, 7) is 0. The minimum absolute atomic E-state index is 0.225. The van der Waals surface area contributed by atoms with Gasteiger partial charge in [0.15, 0.2) is 0 Å². The van der Waals surface area contributed by atoms with Gasteiger partial charge in [0, 0.05) is 42.1 Å². The van der Waals surface area contributed by atoms with Crippen LogP contribution >= 0.6 is 0 Å². The summed E-state index contributed by atoms with van der Waals surface area (Å²) in [5, 5.41) is 24.6. The zero-order valence-electron chi connectivity index (χ0n) is 17.4. The Hall–Kier alpha value is -3.76. The summed E-state index contributed by atoms with van der Waals surface area (Å²) in [4.78, 5) is 28.6. The van der Waals surface area contributed by atoms with Crippen LogP contribution in [0.1, 0.15) is 36.0 Å². The fraction of sp³-hybridized carbons (Fsp3) is 0.364. The highest BCUT2D eigenvalue weighted by Gasteiger charge is 2.45. The van der Waals surface area contributed by atoms with Gasteiger partial charge < -0.3 is 21.1 Å². The first-order valence-corrected chi connectivity index (χ1v) is 10.7. The van der Waals surface area contributed by atoms with Gasteiger partial charge in [0.05, 0.1) is 23.3 Å². The van der Waals surface area contributed by atoms with Gasteiger partial charge in [-0.25, -0.2) is 18.6 Å². The normalized spacial score (nSPS) is 21.6. The van der Waals surface area contributed by atoms with Gasteiger partial charge >= 0.3 is 6.09 Å². The molecule has 5 rings (SSSR count). The first kappa shape index (κ1) is 21.1. The second-order valence-electron chi connectivity index (χ2n) is 8.60. The first-order valence-electron chi connectivity index (χ1n) is 10.7. The minimum atomic E-state index is -2.71. The van der Waals surface area contributed by atoms with E-state index in [4.69, 9.17) is 5.11 Å². The van der Waals surface area contributed by atoms with E-state index in [-0.39, 0.29) is 36.3 Å². The summed E-state index contributed by atoms with van der Waals surface area (Å²) < 4.78 is 26.7. The van der Waals surface area contributed by atoms with Crippen molar-refractivity contribution in [3.8, 4) is 11.1 Å². The van der Waals surface area contributed by atoms with E-state index in [0.717, 1.165) is 11.1 Å². The van der Waals surface area contributed by atoms with E-state index in [0.29, 0.717) is 23.7 Å². The number of fused-ring (bicyclic) bond motifs is 1. The van der Waals surface area contributed by atoms with Crippen molar-refractivity contribution in [2.24, 2.45) is 0 Å². The predicted octanol–water partition coefficient (Wildman–Crippen LogP) is 3.36. The number of aromatic amines is 1. The van der Waals surface area contributed by atoms with Crippen LogP contribution in [0.3, 0.4) is 0 Å². The van der Waals surface area contributed by atoms with Crippen LogP contribution in [0.2, 0.25) is 0 Å². The monoisotopic (exact) mass is 456 g/mol. The number of aromatic nitrogens is 3. The van der Waals surface area contributed by atoms with Crippen molar-refractivity contribution in [1.29, 1.82) is 0 Å². The SMILES string of the molecule is O=C(O)NC1CCC1NC(=O)c1cc2cc(-c3cn[nH]c3)ccc2nc1NC1CC(F)(F)C1. The van der Waals surface area contributed by atoms with Gasteiger partial charge in [-0.3, -0.25) is 9.89 Å². The molecule has 2 amide bonds. The molecule has 2 aliphatic rings. The lowest BCUT2D eigenvalue weighted by Crippen LogP contribution is -2.58. The highest BCUT2D eigenvalue weighted by atomic mass is 19.3. The maximum atomic E-state index is 13.4. The number of hydrogen-bond donors (Lipinski definition) is 5. The molecule has 172 valence electrons. The predicted molar refractivity (Wildman–Crippen MR) is 116 cm³/mol. The van der Waals surface area contributed by atoms with Crippen LogP contribution in [-0.2, 0) is 0 Å². The van der Waals surface area contributed by atoms with Crippen LogP contribution in [0.5, 0.6) is 0 Å². The minimum Gasteiger partial charge on any atom is -0.465 e. The van der Waals surface area contributed by atoms with Crippen molar-refractivity contribution in [1.82, 2.24) is 25.8 Å². The third kappa shape index (κ3) is 4.30. The van der Waals surface area contributed by atoms with Crippen molar-refractivity contribution in [3.05, 3.63) is 42.2 Å². The number of anilines is 1. The largest absolute Gasteiger partial charge is 0.465 e. The molecular weight excluding hydrogens is 434 g/mol. The molecule has 9 nitrogen and oxygen atoms in total. The van der Waals surface area contributed by atoms with E-state index < -0.39 is 24.0 Å². The number of halogens is 2. The Morgan fingerprint density at radius 3 is 2.48 bits per heavy atom. The number of alkyl halides is 2. The fourth-order valence-corrected chi connectivity index (χ4v) is 4.25. The Labute approximate surface area is 187 Å². The van der Waals surface area contributed by atoms with Crippen LogP contribution < -0.4 is 16.0 Å². The average Bonchev–Trinajstić information content (AvgIpc) is 3.27. The molecule has 1 aromatic carbocycles. The van der Waals surface area contributed by atoms with E-state index in [2.05, 4.69) is 31.1 Å². The lowest BCUT2D eigenvalue weighted by molar-refractivity contribution is -0.0794. The highest BCUT2D eigenvalue weighted by molar-refractivity contribution is 6.03. The summed E-state index contributed by atoms with van der Waals surface area (Å²) in [6.07, 6.45) is 2.92. The lowest BCUT2D eigenvalue weighted by Gasteiger charge is -2.37. The van der Waals surface area contributed by atoms with Crippen LogP contribution in [-0.4, -0.2) is 56.3 Å². The van der Waals surface area contributed by atoms with E-state index in [9.17, 15) is 18.4 Å². The number of hydrogen-bond acceptors (Lipinski definition) is 5. The number of nitrogens with zero attached hydrogens (tertiary/aromatic N) is 2. The molecule has 0 saturated heterocycles. The Kier molecular flexibility index (Phi) is 5.10. The topological polar surface area (TPSA) is 132 Å². The number of carbonyl (C=O) groups is 2. The number of benzene rings is 1. The average molecular weight is 456 g/mol. The molecule has 2 heterocycles. The van der Waals surface area contributed by atoms with Gasteiger partial charge in [0.1, 0.15) is 5.82 Å². The zero-order chi connectivity index (χ0) is 23.2. The number of pyridine rings is 1. The van der Waals surface area contributed by atoms with Gasteiger partial charge in [-0.2, -0.15) is 5.10 Å². The molecule has 2 saturated carbocycles. The third-order valence-corrected chi connectivity index (χ3v) is 6.22. The van der Waals surface area contributed by atoms with Gasteiger partial charge in [-0.1, -0.05) is 6.07 Å². The van der Waals surface area contributed by atoms with Crippen molar-refractivity contribution in [2.75, 3.05) is 5.32 Å². The van der Waals surface area contributed by atoms with Crippen LogP contribution in [0, 0.1) is 0 Å². The maximum Gasteiger partial charge on any atom is 0.404 e. The van der Waals surface area contributed by atoms with Crippen molar-refractivity contribution < 1.29 is 23.5 Å². The van der Waals surface area contributed by atoms with E-state index in [1.54, 1.807) is 24.5 Å². The summed E-state index contributed by atoms with van der Waals surface area (Å²) in [7, 11) is 0. The number of carboxylic acid groups (broad SMARTS) is 1. The standard InChI is InChI=1S/C22H22F2N6O3/c23-22(24)7-14(8-22)27-19-15(20(31)29-17-3-4-18(17)30-21(32)33)6-12-5-11(1-2-16(12)28-19)13-9-25-26-10-13/h1-2,5-6,9-10,14,17-18,30H,3-4,7-8H2,(H,25,26)(H,27,28)(H,29,31)(H,32,33). The molecule has 2 aromatic heterocycles. The van der Waals surface area contributed by atoms with Crippen molar-refractivity contribution >= 4 is 28.7 Å². The molecule has 0 aliphatic heterocycles. The summed E-state index contributed by atoms with van der Waals surface area (Å²) in [6, 6.07) is 6.04. The first-order chi connectivity index (χ1) is 15.8. The highest BCUT2D eigenvalue weighted by Crippen LogP contribution is 2.39. The molecule has 0 radical (unpaired) electrons. The van der Waals surface area contributed by atoms with Gasteiger partial charge in [0.25, 0.3) is 11.8 Å². The Morgan fingerprint density at radius 2 is 1.85 bits per heavy atom. The fourth-order valence-electron chi connectivity index (χ4n) is 4.25. The van der Waals surface area contributed by atoms with Crippen LogP contribution in [0.15, 0.2) is 36.7 Å². The van der Waals surface area contributed by atoms with Crippen molar-refractivity contribution in [3.63, 3.8) is 0 Å². The Balaban J connectivity index is 1.45. The molecule has 11 heteroatoms. The van der Waals surface area contributed by atoms with E-state index in [1.165, 1.54) is 0 Å². The number of H-pyrrole nitrogens is 1. The molecule has 2 unspecified atom stereocenters. The molecule has 0 spiro atoms. The third-order valence-electron chi connectivity index (χ3n) is 6.22. The molecule has 2 atom stereocenters. The number of amides is 2.